The van der Waals surface area contributed by atoms with Crippen LogP contribution in [0.3, 0.4) is 0 Å². The topological polar surface area (TPSA) is 26.3 Å². The molecule has 0 unspecified atom stereocenters. The first-order valence-corrected chi connectivity index (χ1v) is 5.17. The number of esters is 1. The van der Waals surface area contributed by atoms with Gasteiger partial charge in [-0.15, -0.1) is 0 Å². The summed E-state index contributed by atoms with van der Waals surface area (Å²) in [6, 6.07) is 7.09. The third kappa shape index (κ3) is 1.70. The molecule has 0 saturated heterocycles. The largest absolute Gasteiger partial charge is 0.457 e. The summed E-state index contributed by atoms with van der Waals surface area (Å²) in [6.45, 7) is 0.316. The second kappa shape index (κ2) is 3.75. The summed E-state index contributed by atoms with van der Waals surface area (Å²) < 4.78 is 5.65. The summed E-state index contributed by atoms with van der Waals surface area (Å²) in [5.74, 6) is -0.292. The second-order valence-electron chi connectivity index (χ2n) is 2.86. The first kappa shape index (κ1) is 9.74. The molecule has 1 heterocycles. The maximum absolute atomic E-state index is 11.3. The van der Waals surface area contributed by atoms with Crippen LogP contribution in [0.15, 0.2) is 28.7 Å². The molecular weight excluding hydrogens is 267 g/mol. The molecule has 0 N–H and O–H groups in total. The van der Waals surface area contributed by atoms with E-state index in [1.807, 2.05) is 0 Å². The van der Waals surface area contributed by atoms with Gasteiger partial charge in [-0.1, -0.05) is 39.7 Å². The number of cyclic esters (lactones) is 1. The zero-order chi connectivity index (χ0) is 10.1. The number of hydrogen-bond acceptors (Lipinski definition) is 2. The minimum atomic E-state index is -0.292. The van der Waals surface area contributed by atoms with Crippen molar-refractivity contribution in [3.8, 4) is 0 Å². The Kier molecular flexibility index (Phi) is 2.61. The highest BCUT2D eigenvalue weighted by molar-refractivity contribution is 9.11. The van der Waals surface area contributed by atoms with E-state index < -0.39 is 0 Å². The SMILES string of the molecule is O=C1OCC(Br)=C1c1ccc(Cl)cc1. The van der Waals surface area contributed by atoms with E-state index in [-0.39, 0.29) is 5.97 Å². The highest BCUT2D eigenvalue weighted by Gasteiger charge is 2.24. The Labute approximate surface area is 94.6 Å². The maximum atomic E-state index is 11.3. The summed E-state index contributed by atoms with van der Waals surface area (Å²) in [5, 5.41) is 0.650. The molecule has 0 spiro atoms. The Morgan fingerprint density at radius 2 is 1.93 bits per heavy atom. The van der Waals surface area contributed by atoms with Crippen molar-refractivity contribution in [2.24, 2.45) is 0 Å². The fraction of sp³-hybridized carbons (Fsp3) is 0.100. The van der Waals surface area contributed by atoms with Crippen LogP contribution in [0.25, 0.3) is 5.57 Å². The summed E-state index contributed by atoms with van der Waals surface area (Å²) in [4.78, 5) is 11.3. The fourth-order valence-corrected chi connectivity index (χ4v) is 1.91. The van der Waals surface area contributed by atoms with Crippen LogP contribution >= 0.6 is 27.5 Å². The van der Waals surface area contributed by atoms with Gasteiger partial charge in [0.15, 0.2) is 0 Å². The third-order valence-electron chi connectivity index (χ3n) is 1.94. The lowest BCUT2D eigenvalue weighted by atomic mass is 10.1. The average molecular weight is 274 g/mol. The lowest BCUT2D eigenvalue weighted by molar-refractivity contribution is -0.133. The Hall–Kier alpha value is -0.800. The number of ether oxygens (including phenoxy) is 1. The van der Waals surface area contributed by atoms with Gasteiger partial charge in [-0.3, -0.25) is 0 Å². The number of benzene rings is 1. The van der Waals surface area contributed by atoms with Gasteiger partial charge in [-0.25, -0.2) is 4.79 Å². The van der Waals surface area contributed by atoms with Crippen LogP contribution in [0.1, 0.15) is 5.56 Å². The van der Waals surface area contributed by atoms with Crippen molar-refractivity contribution in [1.29, 1.82) is 0 Å². The predicted octanol–water partition coefficient (Wildman–Crippen LogP) is 3.00. The zero-order valence-corrected chi connectivity index (χ0v) is 9.43. The van der Waals surface area contributed by atoms with Gasteiger partial charge in [0.05, 0.1) is 5.57 Å². The van der Waals surface area contributed by atoms with Gasteiger partial charge in [-0.05, 0) is 17.7 Å². The minimum absolute atomic E-state index is 0.292. The smallest absolute Gasteiger partial charge is 0.340 e. The predicted molar refractivity (Wildman–Crippen MR) is 58.3 cm³/mol. The lowest BCUT2D eigenvalue weighted by Gasteiger charge is -1.99. The number of rotatable bonds is 1. The van der Waals surface area contributed by atoms with Crippen molar-refractivity contribution in [2.45, 2.75) is 0 Å². The van der Waals surface area contributed by atoms with Gasteiger partial charge in [0, 0.05) is 9.51 Å². The van der Waals surface area contributed by atoms with Crippen molar-refractivity contribution in [1.82, 2.24) is 0 Å². The third-order valence-corrected chi connectivity index (χ3v) is 2.82. The molecule has 0 saturated carbocycles. The monoisotopic (exact) mass is 272 g/mol. The summed E-state index contributed by atoms with van der Waals surface area (Å²) in [7, 11) is 0. The molecule has 72 valence electrons. The van der Waals surface area contributed by atoms with Crippen LogP contribution in [0.5, 0.6) is 0 Å². The highest BCUT2D eigenvalue weighted by atomic mass is 79.9. The fourth-order valence-electron chi connectivity index (χ4n) is 1.28. The average Bonchev–Trinajstić information content (AvgIpc) is 2.49. The van der Waals surface area contributed by atoms with Gasteiger partial charge in [0.25, 0.3) is 0 Å². The molecule has 14 heavy (non-hydrogen) atoms. The molecule has 2 rings (SSSR count). The molecule has 0 aromatic heterocycles. The molecule has 0 aliphatic carbocycles. The van der Waals surface area contributed by atoms with E-state index in [0.717, 1.165) is 10.0 Å². The quantitative estimate of drug-likeness (QED) is 0.735. The molecule has 0 atom stereocenters. The molecule has 1 aromatic rings. The van der Waals surface area contributed by atoms with E-state index in [1.165, 1.54) is 0 Å². The van der Waals surface area contributed by atoms with Crippen LogP contribution in [-0.4, -0.2) is 12.6 Å². The summed E-state index contributed by atoms with van der Waals surface area (Å²) in [5.41, 5.74) is 1.41. The second-order valence-corrected chi connectivity index (χ2v) is 4.26. The van der Waals surface area contributed by atoms with E-state index in [2.05, 4.69) is 15.9 Å². The van der Waals surface area contributed by atoms with Gasteiger partial charge in [0.1, 0.15) is 6.61 Å². The van der Waals surface area contributed by atoms with Crippen molar-refractivity contribution >= 4 is 39.1 Å². The van der Waals surface area contributed by atoms with Crippen LogP contribution in [0.2, 0.25) is 5.02 Å². The molecular formula is C10H6BrClO2. The standard InChI is InChI=1S/C10H6BrClO2/c11-8-5-14-10(13)9(8)6-1-3-7(12)4-2-6/h1-4H,5H2. The molecule has 1 aliphatic heterocycles. The zero-order valence-electron chi connectivity index (χ0n) is 7.09. The molecule has 1 aliphatic rings. The van der Waals surface area contributed by atoms with Gasteiger partial charge < -0.3 is 4.74 Å². The lowest BCUT2D eigenvalue weighted by Crippen LogP contribution is -1.98. The maximum Gasteiger partial charge on any atom is 0.340 e. The Bertz CT molecular complexity index is 409. The van der Waals surface area contributed by atoms with E-state index in [9.17, 15) is 4.79 Å². The number of carbonyl (C=O) groups excluding carboxylic acids is 1. The number of halogens is 2. The van der Waals surface area contributed by atoms with Crippen LogP contribution in [0.4, 0.5) is 0 Å². The van der Waals surface area contributed by atoms with Crippen molar-refractivity contribution in [3.63, 3.8) is 0 Å². The Morgan fingerprint density at radius 1 is 1.29 bits per heavy atom. The van der Waals surface area contributed by atoms with E-state index in [1.54, 1.807) is 24.3 Å². The van der Waals surface area contributed by atoms with Gasteiger partial charge in [0.2, 0.25) is 0 Å². The van der Waals surface area contributed by atoms with Crippen LogP contribution in [-0.2, 0) is 9.53 Å². The molecule has 0 radical (unpaired) electrons. The molecule has 1 aromatic carbocycles. The molecule has 0 fully saturated rings. The van der Waals surface area contributed by atoms with E-state index in [0.29, 0.717) is 17.2 Å². The molecule has 4 heteroatoms. The normalized spacial score (nSPS) is 16.0. The number of carbonyl (C=O) groups is 1. The Balaban J connectivity index is 2.44. The molecule has 0 amide bonds. The van der Waals surface area contributed by atoms with Crippen molar-refractivity contribution in [2.75, 3.05) is 6.61 Å². The first-order chi connectivity index (χ1) is 6.68. The number of hydrogen-bond donors (Lipinski definition) is 0. The molecule has 0 bridgehead atoms. The van der Waals surface area contributed by atoms with Crippen LogP contribution in [0, 0.1) is 0 Å². The van der Waals surface area contributed by atoms with Crippen molar-refractivity contribution in [3.05, 3.63) is 39.3 Å². The van der Waals surface area contributed by atoms with E-state index in [4.69, 9.17) is 16.3 Å². The van der Waals surface area contributed by atoms with Gasteiger partial charge in [-0.2, -0.15) is 0 Å². The van der Waals surface area contributed by atoms with Crippen molar-refractivity contribution < 1.29 is 9.53 Å². The highest BCUT2D eigenvalue weighted by Crippen LogP contribution is 2.30. The van der Waals surface area contributed by atoms with Crippen LogP contribution < -0.4 is 0 Å². The minimum Gasteiger partial charge on any atom is -0.457 e. The summed E-state index contributed by atoms with van der Waals surface area (Å²) in [6.07, 6.45) is 0. The first-order valence-electron chi connectivity index (χ1n) is 4.00. The summed E-state index contributed by atoms with van der Waals surface area (Å²) >= 11 is 9.05. The van der Waals surface area contributed by atoms with Gasteiger partial charge >= 0.3 is 5.97 Å². The van der Waals surface area contributed by atoms with E-state index >= 15 is 0 Å². The molecule has 2 nitrogen and oxygen atoms in total. The Morgan fingerprint density at radius 3 is 2.43 bits per heavy atom.